The zero-order chi connectivity index (χ0) is 15.2. The van der Waals surface area contributed by atoms with E-state index in [-0.39, 0.29) is 11.9 Å². The summed E-state index contributed by atoms with van der Waals surface area (Å²) >= 11 is 5.82. The Hall–Kier alpha value is -1.38. The average molecular weight is 306 g/mol. The van der Waals surface area contributed by atoms with E-state index in [0.717, 1.165) is 13.0 Å². The van der Waals surface area contributed by atoms with Gasteiger partial charge in [-0.15, -0.1) is 0 Å². The van der Waals surface area contributed by atoms with Crippen molar-refractivity contribution in [2.75, 3.05) is 6.54 Å². The summed E-state index contributed by atoms with van der Waals surface area (Å²) in [5.74, 6) is -0.237. The molecule has 0 amide bonds. The van der Waals surface area contributed by atoms with Gasteiger partial charge in [0.1, 0.15) is 5.82 Å². The lowest BCUT2D eigenvalue weighted by Crippen LogP contribution is -2.24. The highest BCUT2D eigenvalue weighted by Crippen LogP contribution is 2.25. The van der Waals surface area contributed by atoms with Crippen LogP contribution in [0, 0.1) is 5.82 Å². The van der Waals surface area contributed by atoms with Crippen molar-refractivity contribution in [2.45, 2.75) is 32.7 Å². The molecule has 1 unspecified atom stereocenters. The van der Waals surface area contributed by atoms with Gasteiger partial charge in [0.05, 0.1) is 0 Å². The molecule has 0 saturated carbocycles. The molecule has 0 bridgehead atoms. The number of hydrogen-bond acceptors (Lipinski definition) is 1. The molecule has 1 nitrogen and oxygen atoms in total. The highest BCUT2D eigenvalue weighted by atomic mass is 35.5. The fraction of sp³-hybridized carbons (Fsp3) is 0.333. The predicted molar refractivity (Wildman–Crippen MR) is 87.4 cm³/mol. The summed E-state index contributed by atoms with van der Waals surface area (Å²) in [5, 5.41) is 3.90. The van der Waals surface area contributed by atoms with E-state index in [1.165, 1.54) is 17.2 Å². The van der Waals surface area contributed by atoms with Gasteiger partial charge in [-0.2, -0.15) is 0 Å². The second-order valence-corrected chi connectivity index (χ2v) is 5.54. The van der Waals surface area contributed by atoms with Crippen LogP contribution in [0.3, 0.4) is 0 Å². The number of aryl methyl sites for hydroxylation is 1. The summed E-state index contributed by atoms with van der Waals surface area (Å²) in [7, 11) is 0. The van der Waals surface area contributed by atoms with Gasteiger partial charge in [0, 0.05) is 11.1 Å². The Morgan fingerprint density at radius 2 is 1.86 bits per heavy atom. The molecule has 1 atom stereocenters. The fourth-order valence-electron chi connectivity index (χ4n) is 2.64. The van der Waals surface area contributed by atoms with Crippen LogP contribution in [-0.4, -0.2) is 6.54 Å². The van der Waals surface area contributed by atoms with E-state index in [2.05, 4.69) is 31.3 Å². The molecule has 1 N–H and O–H groups in total. The lowest BCUT2D eigenvalue weighted by Gasteiger charge is -2.21. The zero-order valence-electron chi connectivity index (χ0n) is 12.5. The molecule has 0 aliphatic rings. The third kappa shape index (κ3) is 4.05. The van der Waals surface area contributed by atoms with Crippen LogP contribution in [0.25, 0.3) is 0 Å². The van der Waals surface area contributed by atoms with Crippen LogP contribution >= 0.6 is 11.6 Å². The van der Waals surface area contributed by atoms with Crippen LogP contribution in [0.4, 0.5) is 4.39 Å². The number of likely N-dealkylation sites (N-methyl/N-ethyl adjacent to an activating group) is 1. The molecule has 2 aromatic carbocycles. The van der Waals surface area contributed by atoms with Crippen LogP contribution in [0.1, 0.15) is 36.6 Å². The molecule has 2 rings (SSSR count). The van der Waals surface area contributed by atoms with E-state index < -0.39 is 0 Å². The molecule has 0 aliphatic heterocycles. The van der Waals surface area contributed by atoms with E-state index in [0.29, 0.717) is 17.0 Å². The maximum absolute atomic E-state index is 14.0. The van der Waals surface area contributed by atoms with Crippen molar-refractivity contribution in [1.29, 1.82) is 0 Å². The van der Waals surface area contributed by atoms with Crippen molar-refractivity contribution < 1.29 is 4.39 Å². The Kier molecular flexibility index (Phi) is 5.77. The van der Waals surface area contributed by atoms with Gasteiger partial charge in [-0.3, -0.25) is 0 Å². The summed E-state index contributed by atoms with van der Waals surface area (Å²) in [6.45, 7) is 5.06. The third-order valence-electron chi connectivity index (χ3n) is 3.70. The van der Waals surface area contributed by atoms with Gasteiger partial charge < -0.3 is 5.32 Å². The third-order valence-corrected chi connectivity index (χ3v) is 3.94. The summed E-state index contributed by atoms with van der Waals surface area (Å²) < 4.78 is 14.0. The first-order valence-corrected chi connectivity index (χ1v) is 7.78. The van der Waals surface area contributed by atoms with E-state index in [4.69, 9.17) is 11.6 Å². The molecule has 21 heavy (non-hydrogen) atoms. The molecule has 0 saturated heterocycles. The maximum Gasteiger partial charge on any atom is 0.127 e. The van der Waals surface area contributed by atoms with Crippen molar-refractivity contribution >= 4 is 11.6 Å². The molecule has 2 aromatic rings. The minimum Gasteiger partial charge on any atom is -0.310 e. The summed E-state index contributed by atoms with van der Waals surface area (Å²) in [6, 6.07) is 13.4. The van der Waals surface area contributed by atoms with Gasteiger partial charge in [0.15, 0.2) is 0 Å². The summed E-state index contributed by atoms with van der Waals surface area (Å²) in [5.41, 5.74) is 3.24. The second-order valence-electron chi connectivity index (χ2n) is 5.10. The zero-order valence-corrected chi connectivity index (χ0v) is 13.3. The minimum absolute atomic E-state index is 0.113. The molecule has 112 valence electrons. The Balaban J connectivity index is 2.30. The fourth-order valence-corrected chi connectivity index (χ4v) is 2.80. The molecule has 0 heterocycles. The first kappa shape index (κ1) is 16.0. The smallest absolute Gasteiger partial charge is 0.127 e. The summed E-state index contributed by atoms with van der Waals surface area (Å²) in [4.78, 5) is 0. The Labute approximate surface area is 131 Å². The van der Waals surface area contributed by atoms with E-state index >= 15 is 0 Å². The van der Waals surface area contributed by atoms with Crippen molar-refractivity contribution in [1.82, 2.24) is 5.32 Å². The molecule has 0 aliphatic carbocycles. The van der Waals surface area contributed by atoms with Gasteiger partial charge in [-0.05, 0) is 48.2 Å². The van der Waals surface area contributed by atoms with Gasteiger partial charge in [0.25, 0.3) is 0 Å². The molecule has 0 aromatic heterocycles. The summed E-state index contributed by atoms with van der Waals surface area (Å²) in [6.07, 6.45) is 1.59. The Bertz CT molecular complexity index is 598. The SMILES string of the molecule is CCNC(Cc1ccc(Cl)cc1F)c1ccccc1CC. The average Bonchev–Trinajstić information content (AvgIpc) is 2.49. The van der Waals surface area contributed by atoms with E-state index in [9.17, 15) is 4.39 Å². The first-order valence-electron chi connectivity index (χ1n) is 7.40. The quantitative estimate of drug-likeness (QED) is 0.797. The van der Waals surface area contributed by atoms with Crippen molar-refractivity contribution in [3.63, 3.8) is 0 Å². The molecule has 0 spiro atoms. The predicted octanol–water partition coefficient (Wildman–Crippen LogP) is 4.93. The Morgan fingerprint density at radius 1 is 1.10 bits per heavy atom. The van der Waals surface area contributed by atoms with Gasteiger partial charge in [0.2, 0.25) is 0 Å². The van der Waals surface area contributed by atoms with Crippen LogP contribution < -0.4 is 5.32 Å². The number of nitrogens with one attached hydrogen (secondary N) is 1. The maximum atomic E-state index is 14.0. The van der Waals surface area contributed by atoms with E-state index in [1.807, 2.05) is 12.1 Å². The first-order chi connectivity index (χ1) is 10.2. The number of benzene rings is 2. The molecular formula is C18H21ClFN. The van der Waals surface area contributed by atoms with E-state index in [1.54, 1.807) is 12.1 Å². The Morgan fingerprint density at radius 3 is 2.52 bits per heavy atom. The highest BCUT2D eigenvalue weighted by Gasteiger charge is 2.16. The number of halogens is 2. The topological polar surface area (TPSA) is 12.0 Å². The minimum atomic E-state index is -0.237. The highest BCUT2D eigenvalue weighted by molar-refractivity contribution is 6.30. The van der Waals surface area contributed by atoms with Crippen LogP contribution in [0.2, 0.25) is 5.02 Å². The molecule has 0 radical (unpaired) electrons. The largest absolute Gasteiger partial charge is 0.310 e. The van der Waals surface area contributed by atoms with Crippen LogP contribution in [0.15, 0.2) is 42.5 Å². The van der Waals surface area contributed by atoms with Crippen molar-refractivity contribution in [2.24, 2.45) is 0 Å². The van der Waals surface area contributed by atoms with Crippen LogP contribution in [0.5, 0.6) is 0 Å². The van der Waals surface area contributed by atoms with Crippen LogP contribution in [-0.2, 0) is 12.8 Å². The number of hydrogen-bond donors (Lipinski definition) is 1. The normalized spacial score (nSPS) is 12.4. The van der Waals surface area contributed by atoms with Gasteiger partial charge in [-0.25, -0.2) is 4.39 Å². The monoisotopic (exact) mass is 305 g/mol. The molecule has 0 fully saturated rings. The molecular weight excluding hydrogens is 285 g/mol. The van der Waals surface area contributed by atoms with Crippen molar-refractivity contribution in [3.8, 4) is 0 Å². The van der Waals surface area contributed by atoms with Gasteiger partial charge >= 0.3 is 0 Å². The van der Waals surface area contributed by atoms with Crippen molar-refractivity contribution in [3.05, 3.63) is 70.0 Å². The van der Waals surface area contributed by atoms with Gasteiger partial charge in [-0.1, -0.05) is 55.8 Å². The number of rotatable bonds is 6. The lowest BCUT2D eigenvalue weighted by atomic mass is 9.93. The standard InChI is InChI=1S/C18H21ClFN/c1-3-13-7-5-6-8-16(13)18(21-4-2)11-14-9-10-15(19)12-17(14)20/h5-10,12,18,21H,3-4,11H2,1-2H3. The lowest BCUT2D eigenvalue weighted by molar-refractivity contribution is 0.525. The second kappa shape index (κ2) is 7.58. The molecule has 3 heteroatoms.